The molecule has 0 bridgehead atoms. The summed E-state index contributed by atoms with van der Waals surface area (Å²) in [6, 6.07) is -0.409. The number of hydrogen-bond acceptors (Lipinski definition) is 3. The topological polar surface area (TPSA) is 49.9 Å². The standard InChI is InChI=1S/C9H16N2O3/c1-4-14-9(13)11-6-5-10(3)8(12)7(11)2/h7H,4-6H2,1-3H3. The van der Waals surface area contributed by atoms with Crippen molar-refractivity contribution >= 4 is 12.0 Å². The fraction of sp³-hybridized carbons (Fsp3) is 0.778. The number of piperazine rings is 1. The van der Waals surface area contributed by atoms with Crippen molar-refractivity contribution in [3.05, 3.63) is 0 Å². The number of ether oxygens (including phenoxy) is 1. The fourth-order valence-corrected chi connectivity index (χ4v) is 1.47. The van der Waals surface area contributed by atoms with Crippen LogP contribution in [-0.4, -0.2) is 54.6 Å². The molecule has 2 amide bonds. The van der Waals surface area contributed by atoms with E-state index in [-0.39, 0.29) is 5.91 Å². The first kappa shape index (κ1) is 10.8. The lowest BCUT2D eigenvalue weighted by Gasteiger charge is -2.36. The lowest BCUT2D eigenvalue weighted by molar-refractivity contribution is -0.138. The lowest BCUT2D eigenvalue weighted by Crippen LogP contribution is -2.56. The summed E-state index contributed by atoms with van der Waals surface area (Å²) in [5, 5.41) is 0. The van der Waals surface area contributed by atoms with Gasteiger partial charge in [-0.1, -0.05) is 0 Å². The summed E-state index contributed by atoms with van der Waals surface area (Å²) in [6.45, 7) is 4.92. The lowest BCUT2D eigenvalue weighted by atomic mass is 10.2. The molecule has 0 radical (unpaired) electrons. The normalized spacial score (nSPS) is 22.5. The third-order valence-electron chi connectivity index (χ3n) is 2.38. The van der Waals surface area contributed by atoms with Gasteiger partial charge in [-0.15, -0.1) is 0 Å². The molecule has 0 aromatic rings. The molecule has 80 valence electrons. The zero-order chi connectivity index (χ0) is 10.7. The van der Waals surface area contributed by atoms with E-state index in [2.05, 4.69) is 0 Å². The van der Waals surface area contributed by atoms with E-state index in [0.29, 0.717) is 19.7 Å². The smallest absolute Gasteiger partial charge is 0.410 e. The van der Waals surface area contributed by atoms with Crippen LogP contribution in [-0.2, 0) is 9.53 Å². The highest BCUT2D eigenvalue weighted by atomic mass is 16.6. The first-order chi connectivity index (χ1) is 6.57. The summed E-state index contributed by atoms with van der Waals surface area (Å²) < 4.78 is 4.85. The molecule has 1 unspecified atom stereocenters. The third-order valence-corrected chi connectivity index (χ3v) is 2.38. The Morgan fingerprint density at radius 2 is 2.21 bits per heavy atom. The Morgan fingerprint density at radius 3 is 2.79 bits per heavy atom. The zero-order valence-corrected chi connectivity index (χ0v) is 8.82. The van der Waals surface area contributed by atoms with Gasteiger partial charge in [-0.2, -0.15) is 0 Å². The molecular formula is C9H16N2O3. The summed E-state index contributed by atoms with van der Waals surface area (Å²) in [5.41, 5.74) is 0. The van der Waals surface area contributed by atoms with Crippen LogP contribution in [0.1, 0.15) is 13.8 Å². The van der Waals surface area contributed by atoms with E-state index in [1.165, 1.54) is 4.90 Å². The first-order valence-electron chi connectivity index (χ1n) is 4.76. The highest BCUT2D eigenvalue weighted by Crippen LogP contribution is 2.10. The monoisotopic (exact) mass is 200 g/mol. The van der Waals surface area contributed by atoms with Gasteiger partial charge in [-0.05, 0) is 13.8 Å². The van der Waals surface area contributed by atoms with Crippen molar-refractivity contribution in [2.45, 2.75) is 19.9 Å². The highest BCUT2D eigenvalue weighted by molar-refractivity contribution is 5.86. The summed E-state index contributed by atoms with van der Waals surface area (Å²) >= 11 is 0. The largest absolute Gasteiger partial charge is 0.450 e. The van der Waals surface area contributed by atoms with Gasteiger partial charge >= 0.3 is 6.09 Å². The van der Waals surface area contributed by atoms with Crippen molar-refractivity contribution in [2.24, 2.45) is 0 Å². The van der Waals surface area contributed by atoms with Crippen LogP contribution < -0.4 is 0 Å². The fourth-order valence-electron chi connectivity index (χ4n) is 1.47. The van der Waals surface area contributed by atoms with E-state index in [0.717, 1.165) is 0 Å². The van der Waals surface area contributed by atoms with Gasteiger partial charge in [0.2, 0.25) is 5.91 Å². The minimum atomic E-state index is -0.409. The predicted octanol–water partition coefficient (Wildman–Crippen LogP) is 0.305. The molecule has 14 heavy (non-hydrogen) atoms. The second-order valence-corrected chi connectivity index (χ2v) is 3.33. The maximum absolute atomic E-state index is 11.5. The number of hydrogen-bond donors (Lipinski definition) is 0. The molecule has 0 aromatic heterocycles. The summed E-state index contributed by atoms with van der Waals surface area (Å²) in [7, 11) is 1.74. The molecule has 1 aliphatic heterocycles. The number of carbonyl (C=O) groups excluding carboxylic acids is 2. The molecule has 0 N–H and O–H groups in total. The van der Waals surface area contributed by atoms with Crippen molar-refractivity contribution in [2.75, 3.05) is 26.7 Å². The van der Waals surface area contributed by atoms with Crippen LogP contribution >= 0.6 is 0 Å². The Kier molecular flexibility index (Phi) is 3.33. The van der Waals surface area contributed by atoms with Crippen LogP contribution in [0, 0.1) is 0 Å². The van der Waals surface area contributed by atoms with Crippen LogP contribution in [0.5, 0.6) is 0 Å². The molecule has 1 atom stereocenters. The third kappa shape index (κ3) is 1.97. The van der Waals surface area contributed by atoms with E-state index in [1.807, 2.05) is 0 Å². The predicted molar refractivity (Wildman–Crippen MR) is 50.8 cm³/mol. The van der Waals surface area contributed by atoms with E-state index < -0.39 is 12.1 Å². The van der Waals surface area contributed by atoms with E-state index in [4.69, 9.17) is 4.74 Å². The van der Waals surface area contributed by atoms with Gasteiger partial charge in [0, 0.05) is 20.1 Å². The molecule has 0 saturated carbocycles. The molecule has 5 heteroatoms. The van der Waals surface area contributed by atoms with Crippen molar-refractivity contribution in [3.8, 4) is 0 Å². The molecule has 1 fully saturated rings. The summed E-state index contributed by atoms with van der Waals surface area (Å²) in [4.78, 5) is 26.0. The van der Waals surface area contributed by atoms with E-state index in [1.54, 1.807) is 25.8 Å². The average molecular weight is 200 g/mol. The van der Waals surface area contributed by atoms with Crippen LogP contribution in [0.25, 0.3) is 0 Å². The van der Waals surface area contributed by atoms with Crippen molar-refractivity contribution in [3.63, 3.8) is 0 Å². The van der Waals surface area contributed by atoms with E-state index >= 15 is 0 Å². The Labute approximate surface area is 83.6 Å². The number of nitrogens with zero attached hydrogens (tertiary/aromatic N) is 2. The van der Waals surface area contributed by atoms with Gasteiger partial charge in [-0.3, -0.25) is 9.69 Å². The Morgan fingerprint density at radius 1 is 1.57 bits per heavy atom. The molecule has 5 nitrogen and oxygen atoms in total. The van der Waals surface area contributed by atoms with Gasteiger partial charge in [0.1, 0.15) is 6.04 Å². The molecule has 1 heterocycles. The Hall–Kier alpha value is -1.26. The second-order valence-electron chi connectivity index (χ2n) is 3.33. The maximum atomic E-state index is 11.5. The zero-order valence-electron chi connectivity index (χ0n) is 8.82. The highest BCUT2D eigenvalue weighted by Gasteiger charge is 2.33. The molecular weight excluding hydrogens is 184 g/mol. The van der Waals surface area contributed by atoms with E-state index in [9.17, 15) is 9.59 Å². The minimum Gasteiger partial charge on any atom is -0.450 e. The van der Waals surface area contributed by atoms with Gasteiger partial charge < -0.3 is 9.64 Å². The maximum Gasteiger partial charge on any atom is 0.410 e. The number of carbonyl (C=O) groups is 2. The van der Waals surface area contributed by atoms with Gasteiger partial charge in [0.25, 0.3) is 0 Å². The molecule has 0 aliphatic carbocycles. The van der Waals surface area contributed by atoms with Crippen LogP contribution in [0.4, 0.5) is 4.79 Å². The Bertz CT molecular complexity index is 242. The average Bonchev–Trinajstić information content (AvgIpc) is 2.15. The van der Waals surface area contributed by atoms with Gasteiger partial charge in [-0.25, -0.2) is 4.79 Å². The van der Waals surface area contributed by atoms with Crippen molar-refractivity contribution in [1.29, 1.82) is 0 Å². The van der Waals surface area contributed by atoms with Crippen LogP contribution in [0.2, 0.25) is 0 Å². The van der Waals surface area contributed by atoms with Gasteiger partial charge in [0.05, 0.1) is 6.61 Å². The number of amides is 2. The van der Waals surface area contributed by atoms with Gasteiger partial charge in [0.15, 0.2) is 0 Å². The second kappa shape index (κ2) is 4.30. The van der Waals surface area contributed by atoms with Crippen LogP contribution in [0.15, 0.2) is 0 Å². The first-order valence-corrected chi connectivity index (χ1v) is 4.76. The summed E-state index contributed by atoms with van der Waals surface area (Å²) in [5.74, 6) is -0.0377. The number of likely N-dealkylation sites (N-methyl/N-ethyl adjacent to an activating group) is 1. The molecule has 0 spiro atoms. The Balaban J connectivity index is 2.63. The summed E-state index contributed by atoms with van der Waals surface area (Å²) in [6.07, 6.45) is -0.401. The molecule has 1 aliphatic rings. The molecule has 1 rings (SSSR count). The molecule has 1 saturated heterocycles. The number of rotatable bonds is 1. The van der Waals surface area contributed by atoms with Crippen LogP contribution in [0.3, 0.4) is 0 Å². The SMILES string of the molecule is CCOC(=O)N1CCN(C)C(=O)C1C. The molecule has 0 aromatic carbocycles. The minimum absolute atomic E-state index is 0.0377. The van der Waals surface area contributed by atoms with Crippen molar-refractivity contribution in [1.82, 2.24) is 9.80 Å². The quantitative estimate of drug-likeness (QED) is 0.612. The van der Waals surface area contributed by atoms with Crippen molar-refractivity contribution < 1.29 is 14.3 Å².